The van der Waals surface area contributed by atoms with Crippen molar-refractivity contribution in [1.29, 1.82) is 0 Å². The maximum atomic E-state index is 15.0. The summed E-state index contributed by atoms with van der Waals surface area (Å²) in [6.45, 7) is 12.2. The summed E-state index contributed by atoms with van der Waals surface area (Å²) >= 11 is 0. The molecule has 322 valence electrons. The lowest BCUT2D eigenvalue weighted by Gasteiger charge is -2.71. The summed E-state index contributed by atoms with van der Waals surface area (Å²) in [5.74, 6) is 1.02. The van der Waals surface area contributed by atoms with E-state index in [9.17, 15) is 28.6 Å². The Balaban J connectivity index is 1.02. The molecule has 8 heteroatoms. The largest absolute Gasteiger partial charge is 0.446 e. The number of ketones is 1. The van der Waals surface area contributed by atoms with Crippen LogP contribution < -0.4 is 0 Å². The van der Waals surface area contributed by atoms with Crippen molar-refractivity contribution in [2.45, 2.75) is 155 Å². The van der Waals surface area contributed by atoms with Gasteiger partial charge >= 0.3 is 6.09 Å². The Labute approximate surface area is 351 Å². The normalized spacial score (nSPS) is 47.7. The van der Waals surface area contributed by atoms with Crippen molar-refractivity contribution in [2.24, 2.45) is 74.4 Å². The van der Waals surface area contributed by atoms with E-state index in [0.29, 0.717) is 55.6 Å². The Hall–Kier alpha value is -2.58. The van der Waals surface area contributed by atoms with Crippen LogP contribution in [0.2, 0.25) is 0 Å². The number of hydrogen-bond donors (Lipinski definition) is 2. The van der Waals surface area contributed by atoms with Crippen LogP contribution >= 0.6 is 0 Å². The quantitative estimate of drug-likeness (QED) is 0.202. The van der Waals surface area contributed by atoms with Gasteiger partial charge in [0.25, 0.3) is 0 Å². The van der Waals surface area contributed by atoms with Crippen molar-refractivity contribution in [3.8, 4) is 0 Å². The molecule has 6 nitrogen and oxygen atoms in total. The summed E-state index contributed by atoms with van der Waals surface area (Å²) in [4.78, 5) is 31.9. The Morgan fingerprint density at radius 2 is 1.49 bits per heavy atom. The van der Waals surface area contributed by atoms with Gasteiger partial charge in [-0.1, -0.05) is 59.3 Å². The van der Waals surface area contributed by atoms with Crippen LogP contribution in [0.5, 0.6) is 0 Å². The standard InChI is InChI=1S/C51H69F2NO5/c1-30(2)37-8-6-31(3)18-41(37)59-45(57)54(28-48-23-32-19-33(24-48)21-34(20-32)25-48)29-50(58)15-12-43-47(50,5)14-11-42-46(4)13-10-36(55)26-49(46)16-17-51(42,43)38(27-49)44(56)35-7-9-39(52)40(53)22-35/h7,9,16-17,22,27,30-34,36-37,41-43,55,58H,6,8,10-15,18-21,23-26,28-29H2,1-5H3. The van der Waals surface area contributed by atoms with Gasteiger partial charge in [0.2, 0.25) is 0 Å². The van der Waals surface area contributed by atoms with Gasteiger partial charge in [0, 0.05) is 33.9 Å². The number of carbonyl (C=O) groups is 2. The van der Waals surface area contributed by atoms with Crippen molar-refractivity contribution in [3.05, 3.63) is 59.2 Å². The van der Waals surface area contributed by atoms with Crippen molar-refractivity contribution in [3.63, 3.8) is 0 Å². The van der Waals surface area contributed by atoms with Crippen LogP contribution in [0.25, 0.3) is 0 Å². The lowest BCUT2D eigenvalue weighted by Crippen LogP contribution is -2.67. The average molecular weight is 814 g/mol. The van der Waals surface area contributed by atoms with Gasteiger partial charge in [-0.3, -0.25) is 4.79 Å². The smallest absolute Gasteiger partial charge is 0.410 e. The third-order valence-corrected chi connectivity index (χ3v) is 19.8. The molecule has 1 aromatic carbocycles. The molecule has 11 aliphatic carbocycles. The highest BCUT2D eigenvalue weighted by atomic mass is 19.2. The van der Waals surface area contributed by atoms with E-state index in [-0.39, 0.29) is 52.8 Å². The molecule has 59 heavy (non-hydrogen) atoms. The molecule has 0 aliphatic heterocycles. The first kappa shape index (κ1) is 40.5. The first-order valence-corrected chi connectivity index (χ1v) is 23.7. The number of rotatable bonds is 8. The zero-order chi connectivity index (χ0) is 41.5. The van der Waals surface area contributed by atoms with Gasteiger partial charge in [0.1, 0.15) is 6.10 Å². The van der Waals surface area contributed by atoms with E-state index in [0.717, 1.165) is 87.7 Å². The van der Waals surface area contributed by atoms with E-state index in [1.807, 2.05) is 4.90 Å². The van der Waals surface area contributed by atoms with Crippen LogP contribution in [-0.2, 0) is 4.74 Å². The van der Waals surface area contributed by atoms with Crippen LogP contribution in [0.3, 0.4) is 0 Å². The lowest BCUT2D eigenvalue weighted by atomic mass is 9.32. The molecule has 12 rings (SSSR count). The highest BCUT2D eigenvalue weighted by Gasteiger charge is 2.75. The molecular weight excluding hydrogens is 745 g/mol. The second kappa shape index (κ2) is 13.7. The lowest BCUT2D eigenvalue weighted by molar-refractivity contribution is -0.177. The number of halogens is 2. The van der Waals surface area contributed by atoms with E-state index >= 15 is 0 Å². The van der Waals surface area contributed by atoms with E-state index in [1.165, 1.54) is 25.3 Å². The fourth-order valence-electron chi connectivity index (χ4n) is 17.2. The molecule has 11 atom stereocenters. The van der Waals surface area contributed by atoms with Crippen molar-refractivity contribution >= 4 is 11.9 Å². The number of aliphatic hydroxyl groups is 2. The summed E-state index contributed by atoms with van der Waals surface area (Å²) in [7, 11) is 0. The summed E-state index contributed by atoms with van der Waals surface area (Å²) in [5, 5.41) is 24.6. The number of benzene rings is 1. The monoisotopic (exact) mass is 814 g/mol. The highest BCUT2D eigenvalue weighted by molar-refractivity contribution is 6.10. The second-order valence-corrected chi connectivity index (χ2v) is 23.3. The molecule has 11 unspecified atom stereocenters. The zero-order valence-corrected chi connectivity index (χ0v) is 36.3. The van der Waals surface area contributed by atoms with Crippen LogP contribution in [0.1, 0.15) is 148 Å². The fourth-order valence-corrected chi connectivity index (χ4v) is 17.2. The van der Waals surface area contributed by atoms with Gasteiger partial charge in [-0.2, -0.15) is 0 Å². The first-order valence-electron chi connectivity index (χ1n) is 23.7. The molecule has 8 fully saturated rings. The Bertz CT molecular complexity index is 1920. The van der Waals surface area contributed by atoms with Crippen LogP contribution in [0.15, 0.2) is 42.0 Å². The Morgan fingerprint density at radius 3 is 2.17 bits per heavy atom. The maximum Gasteiger partial charge on any atom is 0.410 e. The summed E-state index contributed by atoms with van der Waals surface area (Å²) in [6.07, 6.45) is 21.0. The Kier molecular flexibility index (Phi) is 9.41. The summed E-state index contributed by atoms with van der Waals surface area (Å²) in [6, 6.07) is 3.46. The predicted molar refractivity (Wildman–Crippen MR) is 223 cm³/mol. The molecule has 0 radical (unpaired) electrons. The van der Waals surface area contributed by atoms with Gasteiger partial charge < -0.3 is 19.8 Å². The molecule has 1 amide bonds. The molecule has 6 bridgehead atoms. The maximum absolute atomic E-state index is 15.0. The summed E-state index contributed by atoms with van der Waals surface area (Å²) in [5.41, 5.74) is -2.59. The van der Waals surface area contributed by atoms with E-state index in [1.54, 1.807) is 0 Å². The average Bonchev–Trinajstić information content (AvgIpc) is 3.44. The molecule has 0 heterocycles. The number of fused-ring (bicyclic) bond motifs is 1. The van der Waals surface area contributed by atoms with Crippen LogP contribution in [0.4, 0.5) is 13.6 Å². The van der Waals surface area contributed by atoms with Crippen molar-refractivity contribution in [1.82, 2.24) is 4.90 Å². The number of nitrogens with zero attached hydrogens (tertiary/aromatic N) is 1. The third kappa shape index (κ3) is 5.92. The molecule has 11 aliphatic rings. The molecule has 0 saturated heterocycles. The van der Waals surface area contributed by atoms with E-state index in [4.69, 9.17) is 4.74 Å². The number of ether oxygens (including phenoxy) is 1. The molecule has 8 saturated carbocycles. The Morgan fingerprint density at radius 1 is 0.831 bits per heavy atom. The number of allylic oxidation sites excluding steroid dienone is 4. The molecule has 1 aromatic rings. The number of amides is 1. The number of carbonyl (C=O) groups excluding carboxylic acids is 2. The van der Waals surface area contributed by atoms with Gasteiger partial charge in [0.05, 0.1) is 18.2 Å². The number of Topliss-reactive ketones (excluding diaryl/α,β-unsaturated/α-hetero) is 1. The minimum absolute atomic E-state index is 0.0579. The molecule has 0 aromatic heterocycles. The van der Waals surface area contributed by atoms with E-state index in [2.05, 4.69) is 52.8 Å². The minimum Gasteiger partial charge on any atom is -0.446 e. The van der Waals surface area contributed by atoms with Gasteiger partial charge in [-0.05, 0) is 173 Å². The topological polar surface area (TPSA) is 87.1 Å². The third-order valence-electron chi connectivity index (χ3n) is 19.8. The molecular formula is C51H69F2NO5. The summed E-state index contributed by atoms with van der Waals surface area (Å²) < 4.78 is 35.7. The SMILES string of the molecule is CC1CCC(C(C)C)C(OC(=O)N(CC23CC4CC(CC(C4)C2)C3)CC2(O)CCC3C45C=CC6(C=C4C(=O)c4ccc(F)c(F)c4)CC(O)CCC6(C)C5CCC32C)C1. The number of aliphatic hydroxyl groups excluding tert-OH is 1. The van der Waals surface area contributed by atoms with Crippen molar-refractivity contribution < 1.29 is 33.3 Å². The van der Waals surface area contributed by atoms with Crippen LogP contribution in [-0.4, -0.2) is 57.9 Å². The molecule has 2 N–H and O–H groups in total. The fraction of sp³-hybridized carbons (Fsp3) is 0.765. The highest BCUT2D eigenvalue weighted by Crippen LogP contribution is 2.78. The first-order chi connectivity index (χ1) is 27.9. The predicted octanol–water partition coefficient (Wildman–Crippen LogP) is 10.9. The van der Waals surface area contributed by atoms with Gasteiger partial charge in [-0.15, -0.1) is 0 Å². The van der Waals surface area contributed by atoms with Gasteiger partial charge in [0.15, 0.2) is 17.4 Å². The number of hydrogen-bond acceptors (Lipinski definition) is 5. The second-order valence-electron chi connectivity index (χ2n) is 23.3. The van der Waals surface area contributed by atoms with Crippen LogP contribution in [0, 0.1) is 86.1 Å². The van der Waals surface area contributed by atoms with Gasteiger partial charge in [-0.25, -0.2) is 13.6 Å². The van der Waals surface area contributed by atoms with E-state index < -0.39 is 39.6 Å². The minimum atomic E-state index is -1.23. The zero-order valence-electron chi connectivity index (χ0n) is 36.3. The van der Waals surface area contributed by atoms with Crippen molar-refractivity contribution in [2.75, 3.05) is 13.1 Å². The molecule has 2 spiro atoms.